The number of aliphatic imine (C=N–C) groups is 1. The molecule has 0 radical (unpaired) electrons. The van der Waals surface area contributed by atoms with Crippen molar-refractivity contribution in [1.82, 2.24) is 0 Å². The molecule has 0 saturated heterocycles. The maximum Gasteiger partial charge on any atom is 0.124 e. The zero-order chi connectivity index (χ0) is 8.10. The highest BCUT2D eigenvalue weighted by atomic mass is 32.2. The van der Waals surface area contributed by atoms with Crippen LogP contribution in [0.3, 0.4) is 0 Å². The summed E-state index contributed by atoms with van der Waals surface area (Å²) in [7, 11) is 0. The normalized spacial score (nSPS) is 20.0. The van der Waals surface area contributed by atoms with Crippen LogP contribution in [0.5, 0.6) is 0 Å². The van der Waals surface area contributed by atoms with E-state index < -0.39 is 0 Å². The highest BCUT2D eigenvalue weighted by Gasteiger charge is 2.08. The van der Waals surface area contributed by atoms with E-state index in [1.165, 1.54) is 4.38 Å². The average molecular weight is 190 g/mol. The Kier molecular flexibility index (Phi) is 4.33. The van der Waals surface area contributed by atoms with Gasteiger partial charge in [0, 0.05) is 17.5 Å². The number of nitrogens with zero attached hydrogens (tertiary/aromatic N) is 1. The van der Waals surface area contributed by atoms with Crippen LogP contribution in [0.15, 0.2) is 4.99 Å². The summed E-state index contributed by atoms with van der Waals surface area (Å²) in [6, 6.07) is 0.337. The lowest BCUT2D eigenvalue weighted by molar-refractivity contribution is 0.726. The van der Waals surface area contributed by atoms with Crippen molar-refractivity contribution in [2.24, 2.45) is 10.7 Å². The second-order valence-electron chi connectivity index (χ2n) is 2.48. The lowest BCUT2D eigenvalue weighted by Crippen LogP contribution is -2.21. The molecule has 0 bridgehead atoms. The molecule has 0 aromatic rings. The van der Waals surface area contributed by atoms with Crippen LogP contribution in [0.4, 0.5) is 0 Å². The van der Waals surface area contributed by atoms with Crippen LogP contribution < -0.4 is 5.73 Å². The second-order valence-corrected chi connectivity index (χ2v) is 4.83. The molecule has 0 saturated carbocycles. The van der Waals surface area contributed by atoms with Gasteiger partial charge >= 0.3 is 0 Å². The fraction of sp³-hybridized carbons (Fsp3) is 0.857. The van der Waals surface area contributed by atoms with Crippen molar-refractivity contribution in [3.8, 4) is 0 Å². The summed E-state index contributed by atoms with van der Waals surface area (Å²) in [4.78, 5) is 4.33. The van der Waals surface area contributed by atoms with E-state index in [1.807, 2.05) is 11.8 Å². The van der Waals surface area contributed by atoms with E-state index >= 15 is 0 Å². The Morgan fingerprint density at radius 2 is 2.64 bits per heavy atom. The molecule has 0 aromatic heterocycles. The molecule has 11 heavy (non-hydrogen) atoms. The van der Waals surface area contributed by atoms with Crippen LogP contribution in [-0.4, -0.2) is 28.5 Å². The molecule has 64 valence electrons. The van der Waals surface area contributed by atoms with Gasteiger partial charge in [-0.3, -0.25) is 4.99 Å². The largest absolute Gasteiger partial charge is 0.327 e. The van der Waals surface area contributed by atoms with Gasteiger partial charge in [-0.15, -0.1) is 0 Å². The van der Waals surface area contributed by atoms with E-state index in [4.69, 9.17) is 5.73 Å². The van der Waals surface area contributed by atoms with Crippen molar-refractivity contribution in [3.63, 3.8) is 0 Å². The molecule has 0 amide bonds. The minimum atomic E-state index is 0.337. The minimum Gasteiger partial charge on any atom is -0.327 e. The minimum absolute atomic E-state index is 0.337. The van der Waals surface area contributed by atoms with Crippen molar-refractivity contribution in [2.45, 2.75) is 19.4 Å². The molecule has 1 atom stereocenters. The van der Waals surface area contributed by atoms with Gasteiger partial charge in [-0.2, -0.15) is 0 Å². The summed E-state index contributed by atoms with van der Waals surface area (Å²) in [6.45, 7) is 3.11. The second kappa shape index (κ2) is 5.06. The summed E-state index contributed by atoms with van der Waals surface area (Å²) >= 11 is 3.66. The SMILES string of the molecule is CC[C@@H](N)CSC1=NCCS1. The van der Waals surface area contributed by atoms with E-state index in [2.05, 4.69) is 11.9 Å². The van der Waals surface area contributed by atoms with Gasteiger partial charge in [0.15, 0.2) is 0 Å². The molecular weight excluding hydrogens is 176 g/mol. The summed E-state index contributed by atoms with van der Waals surface area (Å²) in [6.07, 6.45) is 1.06. The third-order valence-electron chi connectivity index (χ3n) is 1.50. The molecular formula is C7H14N2S2. The van der Waals surface area contributed by atoms with E-state index in [0.29, 0.717) is 6.04 Å². The Bertz CT molecular complexity index is 147. The van der Waals surface area contributed by atoms with Crippen molar-refractivity contribution in [2.75, 3.05) is 18.1 Å². The maximum absolute atomic E-state index is 5.77. The molecule has 0 aromatic carbocycles. The van der Waals surface area contributed by atoms with Crippen LogP contribution >= 0.6 is 23.5 Å². The standard InChI is InChI=1S/C7H14N2S2/c1-2-6(8)5-11-7-9-3-4-10-7/h6H,2-5,8H2,1H3/t6-/m1/s1. The van der Waals surface area contributed by atoms with E-state index in [0.717, 1.165) is 24.5 Å². The quantitative estimate of drug-likeness (QED) is 0.734. The fourth-order valence-electron chi connectivity index (χ4n) is 0.699. The van der Waals surface area contributed by atoms with E-state index in [1.54, 1.807) is 11.8 Å². The molecule has 1 aliphatic rings. The molecule has 1 rings (SSSR count). The Morgan fingerprint density at radius 3 is 3.18 bits per heavy atom. The highest BCUT2D eigenvalue weighted by Crippen LogP contribution is 2.22. The molecule has 2 nitrogen and oxygen atoms in total. The van der Waals surface area contributed by atoms with Crippen molar-refractivity contribution < 1.29 is 0 Å². The number of hydrogen-bond donors (Lipinski definition) is 1. The molecule has 0 unspecified atom stereocenters. The molecule has 1 aliphatic heterocycles. The van der Waals surface area contributed by atoms with Crippen LogP contribution in [0, 0.1) is 0 Å². The van der Waals surface area contributed by atoms with Gasteiger partial charge < -0.3 is 5.73 Å². The summed E-state index contributed by atoms with van der Waals surface area (Å²) in [5.74, 6) is 2.17. The van der Waals surface area contributed by atoms with Gasteiger partial charge in [0.25, 0.3) is 0 Å². The number of hydrogen-bond acceptors (Lipinski definition) is 4. The number of thioether (sulfide) groups is 2. The molecule has 0 fully saturated rings. The van der Waals surface area contributed by atoms with Crippen molar-refractivity contribution in [3.05, 3.63) is 0 Å². The zero-order valence-corrected chi connectivity index (χ0v) is 8.38. The van der Waals surface area contributed by atoms with Gasteiger partial charge in [-0.25, -0.2) is 0 Å². The lowest BCUT2D eigenvalue weighted by Gasteiger charge is -2.06. The van der Waals surface area contributed by atoms with Gasteiger partial charge in [0.05, 0.1) is 6.54 Å². The molecule has 1 heterocycles. The van der Waals surface area contributed by atoms with Gasteiger partial charge in [-0.1, -0.05) is 30.4 Å². The molecule has 0 spiro atoms. The predicted octanol–water partition coefficient (Wildman–Crippen LogP) is 1.56. The summed E-state index contributed by atoms with van der Waals surface area (Å²) < 4.78 is 1.23. The van der Waals surface area contributed by atoms with Gasteiger partial charge in [0.2, 0.25) is 0 Å². The van der Waals surface area contributed by atoms with Crippen LogP contribution in [0.1, 0.15) is 13.3 Å². The number of rotatable bonds is 3. The highest BCUT2D eigenvalue weighted by molar-refractivity contribution is 8.39. The molecule has 0 aliphatic carbocycles. The van der Waals surface area contributed by atoms with Crippen molar-refractivity contribution in [1.29, 1.82) is 0 Å². The van der Waals surface area contributed by atoms with Crippen molar-refractivity contribution >= 4 is 27.9 Å². The Morgan fingerprint density at radius 1 is 1.82 bits per heavy atom. The van der Waals surface area contributed by atoms with E-state index in [9.17, 15) is 0 Å². The molecule has 4 heteroatoms. The first-order chi connectivity index (χ1) is 5.33. The van der Waals surface area contributed by atoms with Crippen LogP contribution in [0.2, 0.25) is 0 Å². The Labute approximate surface area is 76.4 Å². The Balaban J connectivity index is 2.11. The van der Waals surface area contributed by atoms with Gasteiger partial charge in [-0.05, 0) is 6.42 Å². The maximum atomic E-state index is 5.77. The first-order valence-electron chi connectivity index (χ1n) is 3.88. The summed E-state index contributed by atoms with van der Waals surface area (Å²) in [5, 5.41) is 0. The fourth-order valence-corrected chi connectivity index (χ4v) is 2.80. The van der Waals surface area contributed by atoms with E-state index in [-0.39, 0.29) is 0 Å². The smallest absolute Gasteiger partial charge is 0.124 e. The monoisotopic (exact) mass is 190 g/mol. The predicted molar refractivity (Wildman–Crippen MR) is 55.5 cm³/mol. The van der Waals surface area contributed by atoms with Crippen LogP contribution in [0.25, 0.3) is 0 Å². The zero-order valence-electron chi connectivity index (χ0n) is 6.75. The number of nitrogens with two attached hydrogens (primary N) is 1. The molecule has 2 N–H and O–H groups in total. The van der Waals surface area contributed by atoms with Crippen LogP contribution in [-0.2, 0) is 0 Å². The topological polar surface area (TPSA) is 38.4 Å². The summed E-state index contributed by atoms with van der Waals surface area (Å²) in [5.41, 5.74) is 5.77. The Hall–Kier alpha value is 0.330. The third-order valence-corrected chi connectivity index (χ3v) is 3.94. The third kappa shape index (κ3) is 3.49. The lowest BCUT2D eigenvalue weighted by atomic mass is 10.3. The first kappa shape index (κ1) is 9.42. The first-order valence-corrected chi connectivity index (χ1v) is 5.85. The van der Waals surface area contributed by atoms with Gasteiger partial charge in [0.1, 0.15) is 4.38 Å². The average Bonchev–Trinajstić information content (AvgIpc) is 2.52.